The van der Waals surface area contributed by atoms with E-state index in [-0.39, 0.29) is 24.3 Å². The fraction of sp³-hybridized carbons (Fsp3) is 0.241. The summed E-state index contributed by atoms with van der Waals surface area (Å²) in [5, 5.41) is 12.8. The standard InChI is InChI=1S/C29H29ClN4O2S/c1-3-20(2)34(28(36)26(21-11-6-4-7-12-21)22-13-8-5-9-14-22)18-17-25(35)31-29-33-32-27(37-29)23-15-10-16-24(30)19-23/h4-16,19-20,26H,3,17-18H2,1-2H3,(H,31,33,35)/t20-/m0/s1. The van der Waals surface area contributed by atoms with Crippen molar-refractivity contribution >= 4 is 39.9 Å². The number of rotatable bonds is 10. The van der Waals surface area contributed by atoms with Crippen LogP contribution in [0.1, 0.15) is 43.7 Å². The molecule has 0 aliphatic carbocycles. The Morgan fingerprint density at radius 3 is 2.19 bits per heavy atom. The molecule has 1 atom stereocenters. The van der Waals surface area contributed by atoms with Gasteiger partial charge in [-0.1, -0.05) is 103 Å². The molecule has 0 aliphatic heterocycles. The summed E-state index contributed by atoms with van der Waals surface area (Å²) in [5.41, 5.74) is 2.70. The Balaban J connectivity index is 1.47. The average Bonchev–Trinajstić information content (AvgIpc) is 3.38. The quantitative estimate of drug-likeness (QED) is 0.248. The fourth-order valence-corrected chi connectivity index (χ4v) is 5.06. The number of aromatic nitrogens is 2. The van der Waals surface area contributed by atoms with Crippen molar-refractivity contribution in [3.8, 4) is 10.6 Å². The number of anilines is 1. The first kappa shape index (κ1) is 26.5. The van der Waals surface area contributed by atoms with Crippen molar-refractivity contribution in [1.82, 2.24) is 15.1 Å². The van der Waals surface area contributed by atoms with Crippen molar-refractivity contribution in [1.29, 1.82) is 0 Å². The zero-order chi connectivity index (χ0) is 26.2. The van der Waals surface area contributed by atoms with Gasteiger partial charge in [-0.3, -0.25) is 9.59 Å². The molecule has 0 bridgehead atoms. The number of amides is 2. The van der Waals surface area contributed by atoms with Crippen molar-refractivity contribution in [3.05, 3.63) is 101 Å². The Bertz CT molecular complexity index is 1290. The van der Waals surface area contributed by atoms with E-state index in [0.717, 1.165) is 23.1 Å². The van der Waals surface area contributed by atoms with Crippen molar-refractivity contribution in [2.45, 2.75) is 38.6 Å². The van der Waals surface area contributed by atoms with Crippen LogP contribution >= 0.6 is 22.9 Å². The predicted molar refractivity (Wildman–Crippen MR) is 150 cm³/mol. The third-order valence-electron chi connectivity index (χ3n) is 6.24. The SMILES string of the molecule is CC[C@H](C)N(CCC(=O)Nc1nnc(-c2cccc(Cl)c2)s1)C(=O)C(c1ccccc1)c1ccccc1. The van der Waals surface area contributed by atoms with Gasteiger partial charge in [0.15, 0.2) is 0 Å². The maximum atomic E-state index is 14.0. The molecule has 37 heavy (non-hydrogen) atoms. The van der Waals surface area contributed by atoms with Gasteiger partial charge in [0.1, 0.15) is 5.01 Å². The Kier molecular flexibility index (Phi) is 9.04. The van der Waals surface area contributed by atoms with Crippen molar-refractivity contribution < 1.29 is 9.59 Å². The van der Waals surface area contributed by atoms with Gasteiger partial charge in [-0.15, -0.1) is 10.2 Å². The van der Waals surface area contributed by atoms with Crippen LogP contribution < -0.4 is 5.32 Å². The Labute approximate surface area is 226 Å². The maximum absolute atomic E-state index is 14.0. The minimum Gasteiger partial charge on any atom is -0.339 e. The van der Waals surface area contributed by atoms with Gasteiger partial charge in [-0.05, 0) is 36.6 Å². The van der Waals surface area contributed by atoms with Gasteiger partial charge in [-0.2, -0.15) is 0 Å². The van der Waals surface area contributed by atoms with E-state index in [1.54, 1.807) is 12.1 Å². The number of nitrogens with one attached hydrogen (secondary N) is 1. The normalized spacial score (nSPS) is 11.8. The highest BCUT2D eigenvalue weighted by Crippen LogP contribution is 2.29. The molecule has 0 fully saturated rings. The van der Waals surface area contributed by atoms with Crippen LogP contribution in [0.4, 0.5) is 5.13 Å². The molecular formula is C29H29ClN4O2S. The lowest BCUT2D eigenvalue weighted by atomic mass is 9.89. The highest BCUT2D eigenvalue weighted by atomic mass is 35.5. The third kappa shape index (κ3) is 6.81. The van der Waals surface area contributed by atoms with Crippen molar-refractivity contribution in [3.63, 3.8) is 0 Å². The van der Waals surface area contributed by atoms with Gasteiger partial charge in [0.05, 0.1) is 5.92 Å². The molecular weight excluding hydrogens is 504 g/mol. The predicted octanol–water partition coefficient (Wildman–Crippen LogP) is 6.65. The third-order valence-corrected chi connectivity index (χ3v) is 7.36. The van der Waals surface area contributed by atoms with E-state index in [4.69, 9.17) is 11.6 Å². The first-order valence-electron chi connectivity index (χ1n) is 12.3. The number of carbonyl (C=O) groups is 2. The number of halogens is 1. The summed E-state index contributed by atoms with van der Waals surface area (Å²) in [5.74, 6) is -0.674. The Morgan fingerprint density at radius 1 is 0.946 bits per heavy atom. The van der Waals surface area contributed by atoms with E-state index in [1.807, 2.05) is 91.5 Å². The largest absolute Gasteiger partial charge is 0.339 e. The summed E-state index contributed by atoms with van der Waals surface area (Å²) in [4.78, 5) is 28.6. The molecule has 0 saturated heterocycles. The topological polar surface area (TPSA) is 75.2 Å². The van der Waals surface area contributed by atoms with Crippen LogP contribution in [0.5, 0.6) is 0 Å². The van der Waals surface area contributed by atoms with Crippen LogP contribution in [0, 0.1) is 0 Å². The summed E-state index contributed by atoms with van der Waals surface area (Å²) in [6.07, 6.45) is 0.932. The molecule has 1 N–H and O–H groups in total. The van der Waals surface area contributed by atoms with Crippen LogP contribution in [0.15, 0.2) is 84.9 Å². The monoisotopic (exact) mass is 532 g/mol. The number of hydrogen-bond acceptors (Lipinski definition) is 5. The van der Waals surface area contributed by atoms with Gasteiger partial charge in [0.25, 0.3) is 0 Å². The molecule has 4 aromatic rings. The lowest BCUT2D eigenvalue weighted by Crippen LogP contribution is -2.43. The molecule has 4 rings (SSSR count). The minimum atomic E-state index is -0.442. The second kappa shape index (κ2) is 12.6. The first-order chi connectivity index (χ1) is 18.0. The van der Waals surface area contributed by atoms with Crippen LogP contribution in [0.2, 0.25) is 5.02 Å². The van der Waals surface area contributed by atoms with Gasteiger partial charge in [0, 0.05) is 29.6 Å². The molecule has 8 heteroatoms. The molecule has 1 aromatic heterocycles. The molecule has 0 unspecified atom stereocenters. The van der Waals surface area contributed by atoms with E-state index in [1.165, 1.54) is 11.3 Å². The zero-order valence-corrected chi connectivity index (χ0v) is 22.4. The molecule has 0 radical (unpaired) electrons. The molecule has 3 aromatic carbocycles. The number of carbonyl (C=O) groups excluding carboxylic acids is 2. The molecule has 1 heterocycles. The lowest BCUT2D eigenvalue weighted by molar-refractivity contribution is -0.134. The summed E-state index contributed by atoms with van der Waals surface area (Å²) in [6.45, 7) is 4.37. The average molecular weight is 533 g/mol. The summed E-state index contributed by atoms with van der Waals surface area (Å²) < 4.78 is 0. The number of hydrogen-bond donors (Lipinski definition) is 1. The maximum Gasteiger partial charge on any atom is 0.234 e. The van der Waals surface area contributed by atoms with E-state index < -0.39 is 5.92 Å². The van der Waals surface area contributed by atoms with E-state index in [2.05, 4.69) is 15.5 Å². The molecule has 0 aliphatic rings. The molecule has 190 valence electrons. The van der Waals surface area contributed by atoms with E-state index in [0.29, 0.717) is 21.7 Å². The van der Waals surface area contributed by atoms with Crippen LogP contribution in [0.3, 0.4) is 0 Å². The highest BCUT2D eigenvalue weighted by Gasteiger charge is 2.30. The Morgan fingerprint density at radius 2 is 1.59 bits per heavy atom. The molecule has 0 saturated carbocycles. The fourth-order valence-electron chi connectivity index (χ4n) is 4.12. The van der Waals surface area contributed by atoms with Crippen LogP contribution in [-0.4, -0.2) is 39.5 Å². The van der Waals surface area contributed by atoms with Crippen molar-refractivity contribution in [2.24, 2.45) is 0 Å². The van der Waals surface area contributed by atoms with Gasteiger partial charge in [0.2, 0.25) is 16.9 Å². The van der Waals surface area contributed by atoms with Crippen LogP contribution in [-0.2, 0) is 9.59 Å². The van der Waals surface area contributed by atoms with Crippen molar-refractivity contribution in [2.75, 3.05) is 11.9 Å². The molecule has 6 nitrogen and oxygen atoms in total. The van der Waals surface area contributed by atoms with Gasteiger partial charge >= 0.3 is 0 Å². The van der Waals surface area contributed by atoms with E-state index in [9.17, 15) is 9.59 Å². The van der Waals surface area contributed by atoms with E-state index >= 15 is 0 Å². The Hall–Kier alpha value is -3.55. The summed E-state index contributed by atoms with van der Waals surface area (Å²) >= 11 is 7.36. The molecule has 2 amide bonds. The second-order valence-corrected chi connectivity index (χ2v) is 10.2. The number of nitrogens with zero attached hydrogens (tertiary/aromatic N) is 3. The second-order valence-electron chi connectivity index (χ2n) is 8.76. The lowest BCUT2D eigenvalue weighted by Gasteiger charge is -2.32. The van der Waals surface area contributed by atoms with Gasteiger partial charge < -0.3 is 10.2 Å². The zero-order valence-electron chi connectivity index (χ0n) is 20.8. The summed E-state index contributed by atoms with van der Waals surface area (Å²) in [7, 11) is 0. The van der Waals surface area contributed by atoms with Crippen LogP contribution in [0.25, 0.3) is 10.6 Å². The summed E-state index contributed by atoms with van der Waals surface area (Å²) in [6, 6.07) is 26.9. The minimum absolute atomic E-state index is 0.0151. The number of benzene rings is 3. The molecule has 0 spiro atoms. The highest BCUT2D eigenvalue weighted by molar-refractivity contribution is 7.18. The smallest absolute Gasteiger partial charge is 0.234 e. The first-order valence-corrected chi connectivity index (χ1v) is 13.5. The van der Waals surface area contributed by atoms with Gasteiger partial charge in [-0.25, -0.2) is 0 Å².